The van der Waals surface area contributed by atoms with Crippen molar-refractivity contribution in [3.63, 3.8) is 0 Å². The number of rotatable bonds is 6. The summed E-state index contributed by atoms with van der Waals surface area (Å²) in [6, 6.07) is 24.4. The summed E-state index contributed by atoms with van der Waals surface area (Å²) in [6.45, 7) is 3.68. The second-order valence-corrected chi connectivity index (χ2v) is 9.53. The van der Waals surface area contributed by atoms with E-state index in [1.807, 2.05) is 68.4 Å². The number of fused-ring (bicyclic) bond motifs is 1. The van der Waals surface area contributed by atoms with Gasteiger partial charge < -0.3 is 23.7 Å². The van der Waals surface area contributed by atoms with Gasteiger partial charge in [-0.1, -0.05) is 66.2 Å². The zero-order valence-electron chi connectivity index (χ0n) is 19.7. The number of halogens is 1. The molecule has 0 unspecified atom stereocenters. The lowest BCUT2D eigenvalue weighted by Crippen LogP contribution is -2.36. The predicted octanol–water partition coefficient (Wildman–Crippen LogP) is 5.80. The Kier molecular flexibility index (Phi) is 6.66. The third-order valence-electron chi connectivity index (χ3n) is 6.24. The fourth-order valence-corrected chi connectivity index (χ4v) is 4.74. The van der Waals surface area contributed by atoms with Crippen molar-refractivity contribution in [2.75, 3.05) is 7.11 Å². The van der Waals surface area contributed by atoms with Gasteiger partial charge in [-0.25, -0.2) is 4.79 Å². The molecule has 5 atom stereocenters. The van der Waals surface area contributed by atoms with Crippen molar-refractivity contribution in [1.29, 1.82) is 0 Å². The molecule has 7 heteroatoms. The number of benzene rings is 3. The number of ether oxygens (including phenoxy) is 5. The highest BCUT2D eigenvalue weighted by molar-refractivity contribution is 6.30. The van der Waals surface area contributed by atoms with Gasteiger partial charge in [0, 0.05) is 12.1 Å². The molecule has 0 aromatic heterocycles. The van der Waals surface area contributed by atoms with Gasteiger partial charge in [0.25, 0.3) is 0 Å². The maximum atomic E-state index is 13.3. The Morgan fingerprint density at radius 1 is 0.886 bits per heavy atom. The van der Waals surface area contributed by atoms with Crippen molar-refractivity contribution in [2.24, 2.45) is 0 Å². The van der Waals surface area contributed by atoms with Crippen molar-refractivity contribution in [2.45, 2.75) is 50.3 Å². The quantitative estimate of drug-likeness (QED) is 0.404. The Labute approximate surface area is 209 Å². The van der Waals surface area contributed by atoms with Crippen LogP contribution in [0.1, 0.15) is 35.9 Å². The second-order valence-electron chi connectivity index (χ2n) is 9.09. The molecule has 2 aliphatic heterocycles. The first kappa shape index (κ1) is 24.0. The Balaban J connectivity index is 1.42. The summed E-state index contributed by atoms with van der Waals surface area (Å²) in [6.07, 6.45) is -2.98. The lowest BCUT2D eigenvalue weighted by Gasteiger charge is -2.29. The zero-order valence-corrected chi connectivity index (χ0v) is 20.5. The number of carbonyl (C=O) groups excluding carboxylic acids is 1. The molecule has 3 aromatic carbocycles. The lowest BCUT2D eigenvalue weighted by atomic mass is 9.99. The fourth-order valence-electron chi connectivity index (χ4n) is 4.61. The molecule has 3 aromatic rings. The molecule has 2 heterocycles. The molecule has 2 saturated heterocycles. The summed E-state index contributed by atoms with van der Waals surface area (Å²) < 4.78 is 29.9. The Morgan fingerprint density at radius 3 is 2.17 bits per heavy atom. The van der Waals surface area contributed by atoms with E-state index >= 15 is 0 Å². The van der Waals surface area contributed by atoms with Crippen LogP contribution in [0.5, 0.6) is 0 Å². The maximum Gasteiger partial charge on any atom is 0.338 e. The fraction of sp³-hybridized carbons (Fsp3) is 0.321. The molecule has 0 spiro atoms. The minimum absolute atomic E-state index is 0.436. The summed E-state index contributed by atoms with van der Waals surface area (Å²) in [5.41, 5.74) is 3.26. The largest absolute Gasteiger partial charge is 0.451 e. The van der Waals surface area contributed by atoms with Crippen molar-refractivity contribution >= 4 is 17.6 Å². The maximum absolute atomic E-state index is 13.3. The lowest BCUT2D eigenvalue weighted by molar-refractivity contribution is -0.237. The Bertz CT molecular complexity index is 1160. The molecular weight excluding hydrogens is 468 g/mol. The molecule has 0 N–H and O–H groups in total. The smallest absolute Gasteiger partial charge is 0.338 e. The number of methoxy groups -OCH3 is 1. The molecule has 0 bridgehead atoms. The van der Waals surface area contributed by atoms with Crippen LogP contribution < -0.4 is 0 Å². The van der Waals surface area contributed by atoms with E-state index in [2.05, 4.69) is 0 Å². The van der Waals surface area contributed by atoms with E-state index < -0.39 is 42.5 Å². The number of hydrogen-bond acceptors (Lipinski definition) is 6. The first-order valence-electron chi connectivity index (χ1n) is 11.5. The average Bonchev–Trinajstić information content (AvgIpc) is 3.36. The third kappa shape index (κ3) is 4.99. The van der Waals surface area contributed by atoms with Crippen LogP contribution in [0.3, 0.4) is 0 Å². The normalized spacial score (nSPS) is 25.7. The molecule has 6 nitrogen and oxygen atoms in total. The highest BCUT2D eigenvalue weighted by Gasteiger charge is 2.58. The summed E-state index contributed by atoms with van der Waals surface area (Å²) in [5, 5.41) is 0.580. The van der Waals surface area contributed by atoms with Gasteiger partial charge in [-0.2, -0.15) is 0 Å². The van der Waals surface area contributed by atoms with Gasteiger partial charge in [0.05, 0.1) is 5.56 Å². The highest BCUT2D eigenvalue weighted by atomic mass is 35.5. The molecular formula is C28H27ClO6. The van der Waals surface area contributed by atoms with Crippen LogP contribution in [0.2, 0.25) is 5.02 Å². The van der Waals surface area contributed by atoms with E-state index in [1.54, 1.807) is 31.4 Å². The third-order valence-corrected chi connectivity index (χ3v) is 6.49. The number of hydrogen-bond donors (Lipinski definition) is 0. The minimum atomic E-state index is -0.810. The molecule has 2 aliphatic rings. The SMILES string of the molecule is CO[C@@H]1O[C@H]([C@@H](OC(=O)c2ccc(-c3ccccc3)cc2)c2ccc(Cl)cc2)[C@H]2OC(C)(C)O[C@@H]12. The van der Waals surface area contributed by atoms with Crippen molar-refractivity contribution in [3.8, 4) is 11.1 Å². The summed E-state index contributed by atoms with van der Waals surface area (Å²) in [5.74, 6) is -1.28. The van der Waals surface area contributed by atoms with E-state index in [-0.39, 0.29) is 0 Å². The number of carbonyl (C=O) groups is 1. The molecule has 0 radical (unpaired) electrons. The first-order valence-corrected chi connectivity index (χ1v) is 11.9. The second kappa shape index (κ2) is 9.72. The van der Waals surface area contributed by atoms with Gasteiger partial charge in [-0.05, 0) is 54.8 Å². The van der Waals surface area contributed by atoms with E-state index in [1.165, 1.54) is 0 Å². The van der Waals surface area contributed by atoms with Crippen LogP contribution in [0.15, 0.2) is 78.9 Å². The monoisotopic (exact) mass is 494 g/mol. The first-order chi connectivity index (χ1) is 16.8. The summed E-state index contributed by atoms with van der Waals surface area (Å²) in [7, 11) is 1.55. The average molecular weight is 495 g/mol. The van der Waals surface area contributed by atoms with Crippen LogP contribution in [-0.2, 0) is 23.7 Å². The van der Waals surface area contributed by atoms with Gasteiger partial charge in [-0.3, -0.25) is 0 Å². The topological polar surface area (TPSA) is 63.2 Å². The standard InChI is InChI=1S/C28H27ClO6/c1-28(2)34-24-23(33-27(31-3)25(24)35-28)22(19-13-15-21(29)16-14-19)32-26(30)20-11-9-18(10-12-20)17-7-5-4-6-8-17/h4-16,22-25,27H,1-3H3/t22-,23+,24+,25+,27+/m0/s1. The van der Waals surface area contributed by atoms with E-state index in [0.29, 0.717) is 10.6 Å². The molecule has 0 saturated carbocycles. The molecule has 182 valence electrons. The predicted molar refractivity (Wildman–Crippen MR) is 131 cm³/mol. The van der Waals surface area contributed by atoms with E-state index in [9.17, 15) is 4.79 Å². The van der Waals surface area contributed by atoms with E-state index in [0.717, 1.165) is 16.7 Å². The van der Waals surface area contributed by atoms with Crippen LogP contribution in [0.25, 0.3) is 11.1 Å². The van der Waals surface area contributed by atoms with Crippen LogP contribution in [-0.4, -0.2) is 43.5 Å². The highest BCUT2D eigenvalue weighted by Crippen LogP contribution is 2.44. The van der Waals surface area contributed by atoms with Crippen molar-refractivity contribution < 1.29 is 28.5 Å². The van der Waals surface area contributed by atoms with Gasteiger partial charge in [0.2, 0.25) is 0 Å². The minimum Gasteiger partial charge on any atom is -0.451 e. The van der Waals surface area contributed by atoms with Gasteiger partial charge in [-0.15, -0.1) is 0 Å². The molecule has 5 rings (SSSR count). The van der Waals surface area contributed by atoms with Crippen molar-refractivity contribution in [1.82, 2.24) is 0 Å². The Hall–Kier alpha value is -2.74. The van der Waals surface area contributed by atoms with Crippen molar-refractivity contribution in [3.05, 3.63) is 95.0 Å². The summed E-state index contributed by atoms with van der Waals surface area (Å²) in [4.78, 5) is 13.3. The molecule has 0 amide bonds. The van der Waals surface area contributed by atoms with Gasteiger partial charge >= 0.3 is 5.97 Å². The van der Waals surface area contributed by atoms with Gasteiger partial charge in [0.1, 0.15) is 18.3 Å². The zero-order chi connectivity index (χ0) is 24.6. The Morgan fingerprint density at radius 2 is 1.51 bits per heavy atom. The molecule has 0 aliphatic carbocycles. The number of esters is 1. The van der Waals surface area contributed by atoms with Crippen LogP contribution in [0, 0.1) is 0 Å². The summed E-state index contributed by atoms with van der Waals surface area (Å²) >= 11 is 6.11. The molecule has 2 fully saturated rings. The van der Waals surface area contributed by atoms with Gasteiger partial charge in [0.15, 0.2) is 18.2 Å². The molecule has 35 heavy (non-hydrogen) atoms. The van der Waals surface area contributed by atoms with Crippen LogP contribution >= 0.6 is 11.6 Å². The van der Waals surface area contributed by atoms with E-state index in [4.69, 9.17) is 35.3 Å². The van der Waals surface area contributed by atoms with Crippen LogP contribution in [0.4, 0.5) is 0 Å².